The fraction of sp³-hybridized carbons (Fsp3) is 0.412. The van der Waals surface area contributed by atoms with E-state index in [0.717, 1.165) is 25.2 Å². The zero-order chi connectivity index (χ0) is 17.8. The molecule has 0 radical (unpaired) electrons. The van der Waals surface area contributed by atoms with Gasteiger partial charge < -0.3 is 15.0 Å². The minimum Gasteiger partial charge on any atom is -0.464 e. The van der Waals surface area contributed by atoms with E-state index in [2.05, 4.69) is 20.3 Å². The number of rotatable bonds is 4. The first kappa shape index (κ1) is 16.9. The number of carbonyl (C=O) groups is 2. The number of anilines is 1. The van der Waals surface area contributed by atoms with Gasteiger partial charge in [0.15, 0.2) is 5.69 Å². The summed E-state index contributed by atoms with van der Waals surface area (Å²) >= 11 is 0. The molecule has 0 saturated carbocycles. The summed E-state index contributed by atoms with van der Waals surface area (Å²) in [7, 11) is 2.93. The lowest BCUT2D eigenvalue weighted by Gasteiger charge is -2.33. The zero-order valence-corrected chi connectivity index (χ0v) is 14.3. The molecule has 1 saturated heterocycles. The third kappa shape index (κ3) is 3.62. The molecule has 8 heteroatoms. The van der Waals surface area contributed by atoms with E-state index in [9.17, 15) is 9.59 Å². The molecule has 3 rings (SSSR count). The SMILES string of the molecule is CNC(=O)c1ccn([C@H]2CCCN(c3cccc(C(=O)OC)n3)C2)n1. The van der Waals surface area contributed by atoms with Crippen LogP contribution in [0.4, 0.5) is 5.82 Å². The van der Waals surface area contributed by atoms with Crippen LogP contribution in [0.5, 0.6) is 0 Å². The van der Waals surface area contributed by atoms with Crippen molar-refractivity contribution in [3.63, 3.8) is 0 Å². The first-order valence-electron chi connectivity index (χ1n) is 8.20. The molecule has 2 aromatic rings. The van der Waals surface area contributed by atoms with Gasteiger partial charge in [-0.3, -0.25) is 9.48 Å². The fourth-order valence-corrected chi connectivity index (χ4v) is 2.99. The second-order valence-electron chi connectivity index (χ2n) is 5.87. The van der Waals surface area contributed by atoms with Crippen LogP contribution in [0.25, 0.3) is 0 Å². The minimum absolute atomic E-state index is 0.149. The molecule has 1 N–H and O–H groups in total. The molecule has 0 unspecified atom stereocenters. The summed E-state index contributed by atoms with van der Waals surface area (Å²) in [5, 5.41) is 6.95. The van der Waals surface area contributed by atoms with Crippen molar-refractivity contribution in [2.75, 3.05) is 32.1 Å². The number of nitrogens with one attached hydrogen (secondary N) is 1. The highest BCUT2D eigenvalue weighted by atomic mass is 16.5. The van der Waals surface area contributed by atoms with E-state index in [1.807, 2.05) is 16.9 Å². The molecule has 1 atom stereocenters. The highest BCUT2D eigenvalue weighted by molar-refractivity contribution is 5.91. The molecule has 1 amide bonds. The van der Waals surface area contributed by atoms with Crippen LogP contribution in [0.2, 0.25) is 0 Å². The van der Waals surface area contributed by atoms with Crippen LogP contribution in [0.15, 0.2) is 30.5 Å². The number of pyridine rings is 1. The molecule has 0 aliphatic carbocycles. The third-order valence-corrected chi connectivity index (χ3v) is 4.29. The van der Waals surface area contributed by atoms with Gasteiger partial charge in [-0.15, -0.1) is 0 Å². The zero-order valence-electron chi connectivity index (χ0n) is 14.3. The molecule has 25 heavy (non-hydrogen) atoms. The van der Waals surface area contributed by atoms with Gasteiger partial charge in [-0.05, 0) is 31.0 Å². The predicted octanol–water partition coefficient (Wildman–Crippen LogP) is 1.27. The molecule has 1 aliphatic rings. The standard InChI is InChI=1S/C17H21N5O3/c1-18-16(23)13-8-10-22(20-13)12-5-4-9-21(11-12)15-7-3-6-14(19-15)17(24)25-2/h3,6-8,10,12H,4-5,9,11H2,1-2H3,(H,18,23)/t12-/m0/s1. The van der Waals surface area contributed by atoms with E-state index in [1.54, 1.807) is 25.2 Å². The summed E-state index contributed by atoms with van der Waals surface area (Å²) in [5.41, 5.74) is 0.702. The van der Waals surface area contributed by atoms with E-state index in [-0.39, 0.29) is 11.9 Å². The van der Waals surface area contributed by atoms with Crippen molar-refractivity contribution in [1.29, 1.82) is 0 Å². The van der Waals surface area contributed by atoms with Gasteiger partial charge in [-0.1, -0.05) is 6.07 Å². The molecular formula is C17H21N5O3. The Morgan fingerprint density at radius 1 is 1.28 bits per heavy atom. The highest BCUT2D eigenvalue weighted by Gasteiger charge is 2.24. The summed E-state index contributed by atoms with van der Waals surface area (Å²) < 4.78 is 6.57. The van der Waals surface area contributed by atoms with E-state index < -0.39 is 5.97 Å². The number of hydrogen-bond donors (Lipinski definition) is 1. The monoisotopic (exact) mass is 343 g/mol. The molecule has 0 bridgehead atoms. The number of methoxy groups -OCH3 is 1. The maximum Gasteiger partial charge on any atom is 0.356 e. The molecule has 132 valence electrons. The number of esters is 1. The molecule has 0 aromatic carbocycles. The number of amides is 1. The Morgan fingerprint density at radius 2 is 2.12 bits per heavy atom. The number of aromatic nitrogens is 3. The first-order valence-corrected chi connectivity index (χ1v) is 8.20. The van der Waals surface area contributed by atoms with Crippen LogP contribution in [0.3, 0.4) is 0 Å². The maximum absolute atomic E-state index is 11.7. The van der Waals surface area contributed by atoms with Crippen molar-refractivity contribution in [3.8, 4) is 0 Å². The van der Waals surface area contributed by atoms with Crippen LogP contribution >= 0.6 is 0 Å². The number of carbonyl (C=O) groups excluding carboxylic acids is 2. The summed E-state index contributed by atoms with van der Waals surface area (Å²) in [6.07, 6.45) is 3.78. The molecule has 1 aliphatic heterocycles. The van der Waals surface area contributed by atoms with Gasteiger partial charge in [0.05, 0.1) is 13.2 Å². The smallest absolute Gasteiger partial charge is 0.356 e. The number of nitrogens with zero attached hydrogens (tertiary/aromatic N) is 4. The van der Waals surface area contributed by atoms with Crippen molar-refractivity contribution in [1.82, 2.24) is 20.1 Å². The fourth-order valence-electron chi connectivity index (χ4n) is 2.99. The lowest BCUT2D eigenvalue weighted by molar-refractivity contribution is 0.0594. The van der Waals surface area contributed by atoms with E-state index >= 15 is 0 Å². The molecule has 2 aromatic heterocycles. The van der Waals surface area contributed by atoms with E-state index in [1.165, 1.54) is 7.11 Å². The van der Waals surface area contributed by atoms with Gasteiger partial charge in [-0.25, -0.2) is 9.78 Å². The lowest BCUT2D eigenvalue weighted by atomic mass is 10.1. The Bertz CT molecular complexity index is 773. The van der Waals surface area contributed by atoms with Gasteiger partial charge >= 0.3 is 5.97 Å². The molecule has 0 spiro atoms. The molecule has 8 nitrogen and oxygen atoms in total. The van der Waals surface area contributed by atoms with Gasteiger partial charge in [0.1, 0.15) is 11.5 Å². The quantitative estimate of drug-likeness (QED) is 0.841. The molecular weight excluding hydrogens is 322 g/mol. The number of ether oxygens (including phenoxy) is 1. The Morgan fingerprint density at radius 3 is 2.88 bits per heavy atom. The maximum atomic E-state index is 11.7. The number of piperidine rings is 1. The first-order chi connectivity index (χ1) is 12.1. The lowest BCUT2D eigenvalue weighted by Crippen LogP contribution is -2.37. The second kappa shape index (κ2) is 7.33. The molecule has 3 heterocycles. The van der Waals surface area contributed by atoms with Crippen LogP contribution in [-0.2, 0) is 4.74 Å². The Hall–Kier alpha value is -2.90. The van der Waals surface area contributed by atoms with Crippen molar-refractivity contribution >= 4 is 17.7 Å². The van der Waals surface area contributed by atoms with Crippen LogP contribution in [-0.4, -0.2) is 53.9 Å². The largest absolute Gasteiger partial charge is 0.464 e. The number of hydrogen-bond acceptors (Lipinski definition) is 6. The van der Waals surface area contributed by atoms with Crippen LogP contribution < -0.4 is 10.2 Å². The van der Waals surface area contributed by atoms with Crippen LogP contribution in [0, 0.1) is 0 Å². The van der Waals surface area contributed by atoms with Crippen molar-refractivity contribution in [3.05, 3.63) is 41.9 Å². The third-order valence-electron chi connectivity index (χ3n) is 4.29. The summed E-state index contributed by atoms with van der Waals surface area (Å²) in [6, 6.07) is 7.19. The average molecular weight is 343 g/mol. The second-order valence-corrected chi connectivity index (χ2v) is 5.87. The Labute approximate surface area is 145 Å². The summed E-state index contributed by atoms with van der Waals surface area (Å²) in [4.78, 5) is 29.9. The average Bonchev–Trinajstić information content (AvgIpc) is 3.17. The normalized spacial score (nSPS) is 17.2. The van der Waals surface area contributed by atoms with Gasteiger partial charge in [0.2, 0.25) is 0 Å². The van der Waals surface area contributed by atoms with Gasteiger partial charge in [0.25, 0.3) is 5.91 Å². The van der Waals surface area contributed by atoms with Crippen LogP contribution in [0.1, 0.15) is 39.9 Å². The van der Waals surface area contributed by atoms with E-state index in [0.29, 0.717) is 17.9 Å². The predicted molar refractivity (Wildman–Crippen MR) is 91.7 cm³/mol. The minimum atomic E-state index is -0.447. The topological polar surface area (TPSA) is 89.4 Å². The highest BCUT2D eigenvalue weighted by Crippen LogP contribution is 2.25. The molecule has 1 fully saturated rings. The summed E-state index contributed by atoms with van der Waals surface area (Å²) in [6.45, 7) is 1.57. The van der Waals surface area contributed by atoms with Crippen molar-refractivity contribution < 1.29 is 14.3 Å². The summed E-state index contributed by atoms with van der Waals surface area (Å²) in [5.74, 6) is 0.0999. The van der Waals surface area contributed by atoms with Gasteiger partial charge in [-0.2, -0.15) is 5.10 Å². The Kier molecular flexibility index (Phi) is 4.97. The van der Waals surface area contributed by atoms with Gasteiger partial charge in [0, 0.05) is 26.3 Å². The Balaban J connectivity index is 1.76. The van der Waals surface area contributed by atoms with Crippen molar-refractivity contribution in [2.24, 2.45) is 0 Å². The van der Waals surface area contributed by atoms with E-state index in [4.69, 9.17) is 4.74 Å². The van der Waals surface area contributed by atoms with Crippen molar-refractivity contribution in [2.45, 2.75) is 18.9 Å².